The van der Waals surface area contributed by atoms with Crippen molar-refractivity contribution < 1.29 is 24.6 Å². The lowest BCUT2D eigenvalue weighted by atomic mass is 10.1. The number of carboxylic acids is 2. The first-order valence-corrected chi connectivity index (χ1v) is 9.74. The van der Waals surface area contributed by atoms with Crippen LogP contribution in [-0.2, 0) is 14.4 Å². The minimum Gasteiger partial charge on any atom is -0.481 e. The molecule has 0 radical (unpaired) electrons. The number of carboxylic acid groups (broad SMARTS) is 2. The van der Waals surface area contributed by atoms with Crippen molar-refractivity contribution in [2.45, 2.75) is 62.9 Å². The Morgan fingerprint density at radius 2 is 1.36 bits per heavy atom. The van der Waals surface area contributed by atoms with Crippen LogP contribution in [0.4, 0.5) is 0 Å². The van der Waals surface area contributed by atoms with Crippen molar-refractivity contribution in [2.75, 3.05) is 11.5 Å². The zero-order valence-electron chi connectivity index (χ0n) is 13.1. The van der Waals surface area contributed by atoms with Crippen LogP contribution in [0.1, 0.15) is 58.3 Å². The van der Waals surface area contributed by atoms with Gasteiger partial charge in [0.25, 0.3) is 0 Å². The monoisotopic (exact) mass is 350 g/mol. The first-order chi connectivity index (χ1) is 10.5. The number of hydrogen-bond acceptors (Lipinski definition) is 5. The highest BCUT2D eigenvalue weighted by atomic mass is 32.2. The molecular formula is C15H26O5S2. The van der Waals surface area contributed by atoms with E-state index in [9.17, 15) is 14.4 Å². The molecule has 0 amide bonds. The van der Waals surface area contributed by atoms with E-state index in [1.54, 1.807) is 0 Å². The van der Waals surface area contributed by atoms with Crippen molar-refractivity contribution in [2.24, 2.45) is 0 Å². The molecule has 0 saturated heterocycles. The maximum Gasteiger partial charge on any atom is 0.313 e. The van der Waals surface area contributed by atoms with E-state index >= 15 is 0 Å². The first-order valence-electron chi connectivity index (χ1n) is 7.64. The molecule has 0 aliphatic rings. The van der Waals surface area contributed by atoms with Gasteiger partial charge < -0.3 is 10.2 Å². The van der Waals surface area contributed by atoms with Crippen molar-refractivity contribution >= 4 is 41.2 Å². The summed E-state index contributed by atoms with van der Waals surface area (Å²) in [5.41, 5.74) is 0. The molecular weight excluding hydrogens is 324 g/mol. The summed E-state index contributed by atoms with van der Waals surface area (Å²) in [4.78, 5) is 32.8. The highest BCUT2D eigenvalue weighted by molar-refractivity contribution is 8.17. The Labute approximate surface area is 140 Å². The van der Waals surface area contributed by atoms with Crippen molar-refractivity contribution in [3.63, 3.8) is 0 Å². The van der Waals surface area contributed by atoms with Gasteiger partial charge in [0.15, 0.2) is 0 Å². The summed E-state index contributed by atoms with van der Waals surface area (Å²) in [5.74, 6) is -1.53. The van der Waals surface area contributed by atoms with E-state index in [-0.39, 0.29) is 16.1 Å². The molecule has 0 aromatic heterocycles. The summed E-state index contributed by atoms with van der Waals surface area (Å²) in [7, 11) is 0. The van der Waals surface area contributed by atoms with Crippen LogP contribution < -0.4 is 0 Å². The molecule has 22 heavy (non-hydrogen) atoms. The molecule has 0 aliphatic carbocycles. The molecule has 0 aliphatic heterocycles. The topological polar surface area (TPSA) is 91.7 Å². The molecule has 0 heterocycles. The lowest BCUT2D eigenvalue weighted by Gasteiger charge is -2.14. The molecule has 0 spiro atoms. The van der Waals surface area contributed by atoms with Crippen LogP contribution in [-0.4, -0.2) is 44.0 Å². The van der Waals surface area contributed by atoms with Gasteiger partial charge in [0.05, 0.1) is 16.1 Å². The molecule has 0 saturated carbocycles. The van der Waals surface area contributed by atoms with E-state index in [0.29, 0.717) is 18.6 Å². The third-order valence-electron chi connectivity index (χ3n) is 2.99. The van der Waals surface area contributed by atoms with Gasteiger partial charge in [-0.05, 0) is 19.3 Å². The fourth-order valence-corrected chi connectivity index (χ4v) is 3.99. The van der Waals surface area contributed by atoms with Crippen LogP contribution >= 0.6 is 23.5 Å². The number of aliphatic carboxylic acids is 2. The third-order valence-corrected chi connectivity index (χ3v) is 5.85. The quantitative estimate of drug-likeness (QED) is 0.344. The standard InChI is InChI=1S/C15H26O5S2/c1-2-3-4-7-12(16)8-5-6-9-15(21-10-13(17)18)22-11-14(19)20/h15H,2-11H2,1H3,(H,17,18)(H,19,20). The lowest BCUT2D eigenvalue weighted by molar-refractivity contribution is -0.134. The largest absolute Gasteiger partial charge is 0.481 e. The van der Waals surface area contributed by atoms with Crippen molar-refractivity contribution in [3.05, 3.63) is 0 Å². The Kier molecular flexibility index (Phi) is 13.5. The van der Waals surface area contributed by atoms with Gasteiger partial charge in [0.1, 0.15) is 5.78 Å². The smallest absolute Gasteiger partial charge is 0.313 e. The zero-order valence-corrected chi connectivity index (χ0v) is 14.7. The molecule has 0 atom stereocenters. The number of ketones is 1. The summed E-state index contributed by atoms with van der Waals surface area (Å²) < 4.78 is -0.0395. The summed E-state index contributed by atoms with van der Waals surface area (Å²) >= 11 is 2.52. The van der Waals surface area contributed by atoms with Crippen LogP contribution in [0.3, 0.4) is 0 Å². The second kappa shape index (κ2) is 13.9. The average Bonchev–Trinajstić information content (AvgIpc) is 2.45. The fraction of sp³-hybridized carbons (Fsp3) is 0.800. The van der Waals surface area contributed by atoms with Crippen LogP contribution in [0.15, 0.2) is 0 Å². The number of hydrogen-bond donors (Lipinski definition) is 2. The summed E-state index contributed by atoms with van der Waals surface area (Å²) in [6, 6.07) is 0. The van der Waals surface area contributed by atoms with E-state index in [2.05, 4.69) is 6.92 Å². The normalized spacial score (nSPS) is 10.8. The van der Waals surface area contributed by atoms with Gasteiger partial charge >= 0.3 is 11.9 Å². The van der Waals surface area contributed by atoms with Crippen LogP contribution in [0.25, 0.3) is 0 Å². The van der Waals surface area contributed by atoms with Crippen LogP contribution in [0.2, 0.25) is 0 Å². The van der Waals surface area contributed by atoms with Gasteiger partial charge in [-0.3, -0.25) is 14.4 Å². The minimum absolute atomic E-state index is 0.0206. The van der Waals surface area contributed by atoms with Gasteiger partial charge in [0, 0.05) is 12.8 Å². The number of carbonyl (C=O) groups is 3. The van der Waals surface area contributed by atoms with E-state index in [0.717, 1.165) is 38.5 Å². The van der Waals surface area contributed by atoms with E-state index in [1.807, 2.05) is 0 Å². The summed E-state index contributed by atoms with van der Waals surface area (Å²) in [5, 5.41) is 17.4. The van der Waals surface area contributed by atoms with Crippen LogP contribution in [0, 0.1) is 0 Å². The molecule has 7 heteroatoms. The Morgan fingerprint density at radius 1 is 0.864 bits per heavy atom. The summed E-state index contributed by atoms with van der Waals surface area (Å²) in [6.07, 6.45) is 6.73. The molecule has 5 nitrogen and oxygen atoms in total. The van der Waals surface area contributed by atoms with E-state index < -0.39 is 11.9 Å². The lowest BCUT2D eigenvalue weighted by Crippen LogP contribution is -2.09. The van der Waals surface area contributed by atoms with Gasteiger partial charge in [-0.2, -0.15) is 0 Å². The Hall–Kier alpha value is -0.690. The Morgan fingerprint density at radius 3 is 1.82 bits per heavy atom. The number of unbranched alkanes of at least 4 members (excludes halogenated alkanes) is 3. The van der Waals surface area contributed by atoms with Gasteiger partial charge in [-0.25, -0.2) is 0 Å². The van der Waals surface area contributed by atoms with Gasteiger partial charge in [0.2, 0.25) is 0 Å². The first kappa shape index (κ1) is 21.3. The Bertz CT molecular complexity index is 329. The molecule has 0 aromatic rings. The van der Waals surface area contributed by atoms with Crippen molar-refractivity contribution in [3.8, 4) is 0 Å². The molecule has 2 N–H and O–H groups in total. The highest BCUT2D eigenvalue weighted by Crippen LogP contribution is 2.28. The predicted octanol–water partition coefficient (Wildman–Crippen LogP) is 3.66. The minimum atomic E-state index is -0.892. The molecule has 128 valence electrons. The van der Waals surface area contributed by atoms with Crippen molar-refractivity contribution in [1.82, 2.24) is 0 Å². The predicted molar refractivity (Wildman–Crippen MR) is 91.6 cm³/mol. The average molecular weight is 351 g/mol. The number of Topliss-reactive ketones (excluding diaryl/α,β-unsaturated/α-hetero) is 1. The van der Waals surface area contributed by atoms with Gasteiger partial charge in [-0.15, -0.1) is 23.5 Å². The fourth-order valence-electron chi connectivity index (χ4n) is 1.87. The highest BCUT2D eigenvalue weighted by Gasteiger charge is 2.14. The Balaban J connectivity index is 3.87. The molecule has 0 unspecified atom stereocenters. The van der Waals surface area contributed by atoms with E-state index in [4.69, 9.17) is 10.2 Å². The van der Waals surface area contributed by atoms with Crippen LogP contribution in [0.5, 0.6) is 0 Å². The maximum absolute atomic E-state index is 11.6. The number of carbonyl (C=O) groups excluding carboxylic acids is 1. The number of thioether (sulfide) groups is 2. The maximum atomic E-state index is 11.6. The second-order valence-corrected chi connectivity index (χ2v) is 7.76. The molecule has 0 aromatic carbocycles. The second-order valence-electron chi connectivity index (χ2n) is 5.08. The van der Waals surface area contributed by atoms with Crippen molar-refractivity contribution in [1.29, 1.82) is 0 Å². The number of rotatable bonds is 15. The zero-order chi connectivity index (χ0) is 16.8. The SMILES string of the molecule is CCCCCC(=O)CCCCC(SCC(=O)O)SCC(=O)O. The van der Waals surface area contributed by atoms with E-state index in [1.165, 1.54) is 23.5 Å². The third kappa shape index (κ3) is 14.3. The molecule has 0 fully saturated rings. The molecule has 0 rings (SSSR count). The van der Waals surface area contributed by atoms with Gasteiger partial charge in [-0.1, -0.05) is 26.2 Å². The molecule has 0 bridgehead atoms. The summed E-state index contributed by atoms with van der Waals surface area (Å²) in [6.45, 7) is 2.11.